The minimum Gasteiger partial charge on any atom is -0.322 e. The first-order valence-corrected chi connectivity index (χ1v) is 9.18. The molecule has 29 heavy (non-hydrogen) atoms. The average Bonchev–Trinajstić information content (AvgIpc) is 3.32. The predicted octanol–water partition coefficient (Wildman–Crippen LogP) is 4.10. The Kier molecular flexibility index (Phi) is 3.96. The van der Waals surface area contributed by atoms with Gasteiger partial charge in [0, 0.05) is 30.4 Å². The van der Waals surface area contributed by atoms with E-state index < -0.39 is 0 Å². The third kappa shape index (κ3) is 2.97. The van der Waals surface area contributed by atoms with Crippen molar-refractivity contribution >= 4 is 23.0 Å². The Morgan fingerprint density at radius 2 is 1.72 bits per heavy atom. The maximum absolute atomic E-state index is 10.9. The van der Waals surface area contributed by atoms with Gasteiger partial charge in [0.25, 0.3) is 0 Å². The SMILES string of the molecule is Cn1c(C#Cc2cnc3ccc(-c4ccc(C=O)cc4)cn23)cc2cccnc21. The smallest absolute Gasteiger partial charge is 0.150 e. The van der Waals surface area contributed by atoms with Gasteiger partial charge in [-0.2, -0.15) is 0 Å². The summed E-state index contributed by atoms with van der Waals surface area (Å²) in [4.78, 5) is 19.7. The molecule has 4 heterocycles. The highest BCUT2D eigenvalue weighted by molar-refractivity contribution is 5.79. The number of aromatic nitrogens is 4. The first-order chi connectivity index (χ1) is 14.2. The Hall–Kier alpha value is -4.17. The molecule has 1 aromatic carbocycles. The van der Waals surface area contributed by atoms with Crippen molar-refractivity contribution in [1.29, 1.82) is 0 Å². The molecule has 0 aliphatic heterocycles. The fraction of sp³-hybridized carbons (Fsp3) is 0.0417. The van der Waals surface area contributed by atoms with Gasteiger partial charge in [0.2, 0.25) is 0 Å². The van der Waals surface area contributed by atoms with Crippen LogP contribution in [0.4, 0.5) is 0 Å². The van der Waals surface area contributed by atoms with Gasteiger partial charge < -0.3 is 4.57 Å². The summed E-state index contributed by atoms with van der Waals surface area (Å²) in [5, 5.41) is 1.07. The van der Waals surface area contributed by atoms with E-state index >= 15 is 0 Å². The van der Waals surface area contributed by atoms with Crippen LogP contribution in [0.1, 0.15) is 21.7 Å². The quantitative estimate of drug-likeness (QED) is 0.344. The molecule has 0 radical (unpaired) electrons. The number of hydrogen-bond acceptors (Lipinski definition) is 3. The molecule has 4 aromatic heterocycles. The zero-order valence-corrected chi connectivity index (χ0v) is 15.7. The summed E-state index contributed by atoms with van der Waals surface area (Å²) in [6, 6.07) is 17.5. The maximum atomic E-state index is 10.9. The number of hydrogen-bond donors (Lipinski definition) is 0. The molecule has 5 rings (SSSR count). The van der Waals surface area contributed by atoms with E-state index in [9.17, 15) is 4.79 Å². The fourth-order valence-corrected chi connectivity index (χ4v) is 3.41. The molecule has 0 spiro atoms. The van der Waals surface area contributed by atoms with Gasteiger partial charge in [-0.05, 0) is 53.3 Å². The van der Waals surface area contributed by atoms with E-state index in [1.54, 1.807) is 12.4 Å². The molecule has 0 atom stereocenters. The summed E-state index contributed by atoms with van der Waals surface area (Å²) in [5.74, 6) is 6.48. The fourth-order valence-electron chi connectivity index (χ4n) is 3.41. The molecule has 5 heteroatoms. The van der Waals surface area contributed by atoms with Gasteiger partial charge in [-0.25, -0.2) is 9.97 Å². The van der Waals surface area contributed by atoms with Crippen LogP contribution >= 0.6 is 0 Å². The molecule has 0 saturated heterocycles. The van der Waals surface area contributed by atoms with Gasteiger partial charge in [0.05, 0.1) is 11.9 Å². The highest BCUT2D eigenvalue weighted by atomic mass is 16.1. The summed E-state index contributed by atoms with van der Waals surface area (Å²) < 4.78 is 3.97. The van der Waals surface area contributed by atoms with Crippen LogP contribution in [0.5, 0.6) is 0 Å². The Labute approximate surface area is 167 Å². The van der Waals surface area contributed by atoms with E-state index in [-0.39, 0.29) is 0 Å². The van der Waals surface area contributed by atoms with E-state index in [1.807, 2.05) is 76.8 Å². The van der Waals surface area contributed by atoms with E-state index in [2.05, 4.69) is 21.8 Å². The third-order valence-electron chi connectivity index (χ3n) is 4.99. The number of aryl methyl sites for hydroxylation is 1. The van der Waals surface area contributed by atoms with Gasteiger partial charge in [-0.1, -0.05) is 24.3 Å². The molecule has 0 bridgehead atoms. The molecule has 0 fully saturated rings. The summed E-state index contributed by atoms with van der Waals surface area (Å²) in [5.41, 5.74) is 6.18. The monoisotopic (exact) mass is 376 g/mol. The third-order valence-corrected chi connectivity index (χ3v) is 4.99. The highest BCUT2D eigenvalue weighted by Gasteiger charge is 2.06. The van der Waals surface area contributed by atoms with Crippen molar-refractivity contribution in [2.45, 2.75) is 0 Å². The molecule has 0 aliphatic carbocycles. The molecular formula is C24H16N4O. The molecule has 5 nitrogen and oxygen atoms in total. The van der Waals surface area contributed by atoms with Crippen LogP contribution in [0.3, 0.4) is 0 Å². The van der Waals surface area contributed by atoms with E-state index in [0.717, 1.165) is 45.5 Å². The molecule has 0 unspecified atom stereocenters. The second-order valence-electron chi connectivity index (χ2n) is 6.78. The Morgan fingerprint density at radius 3 is 2.52 bits per heavy atom. The van der Waals surface area contributed by atoms with Crippen molar-refractivity contribution < 1.29 is 4.79 Å². The van der Waals surface area contributed by atoms with Crippen LogP contribution in [0.25, 0.3) is 27.8 Å². The minimum atomic E-state index is 0.661. The number of imidazole rings is 1. The lowest BCUT2D eigenvalue weighted by Crippen LogP contribution is -1.93. The molecule has 138 valence electrons. The second-order valence-corrected chi connectivity index (χ2v) is 6.78. The van der Waals surface area contributed by atoms with Crippen molar-refractivity contribution in [3.05, 3.63) is 90.1 Å². The number of carbonyl (C=O) groups excluding carboxylic acids is 1. The molecule has 0 amide bonds. The van der Waals surface area contributed by atoms with Gasteiger partial charge in [-0.3, -0.25) is 9.20 Å². The zero-order chi connectivity index (χ0) is 19.8. The zero-order valence-electron chi connectivity index (χ0n) is 15.7. The molecular weight excluding hydrogens is 360 g/mol. The summed E-state index contributed by atoms with van der Waals surface area (Å²) in [6.07, 6.45) is 6.43. The topological polar surface area (TPSA) is 52.2 Å². The van der Waals surface area contributed by atoms with E-state index in [4.69, 9.17) is 0 Å². The number of aldehydes is 1. The van der Waals surface area contributed by atoms with E-state index in [1.165, 1.54) is 0 Å². The van der Waals surface area contributed by atoms with Crippen LogP contribution in [0.15, 0.2) is 73.2 Å². The number of nitrogens with zero attached hydrogens (tertiary/aromatic N) is 4. The lowest BCUT2D eigenvalue weighted by Gasteiger charge is -2.04. The largest absolute Gasteiger partial charge is 0.322 e. The average molecular weight is 376 g/mol. The molecule has 0 saturated carbocycles. The van der Waals surface area contributed by atoms with Crippen LogP contribution in [-0.2, 0) is 7.05 Å². The van der Waals surface area contributed by atoms with Crippen LogP contribution in [-0.4, -0.2) is 25.2 Å². The Morgan fingerprint density at radius 1 is 0.931 bits per heavy atom. The summed E-state index contributed by atoms with van der Waals surface area (Å²) >= 11 is 0. The van der Waals surface area contributed by atoms with Gasteiger partial charge in [-0.15, -0.1) is 0 Å². The van der Waals surface area contributed by atoms with Gasteiger partial charge in [0.1, 0.15) is 23.3 Å². The highest BCUT2D eigenvalue weighted by Crippen LogP contribution is 2.21. The first kappa shape index (κ1) is 17.0. The summed E-state index contributed by atoms with van der Waals surface area (Å²) in [7, 11) is 1.97. The molecule has 5 aromatic rings. The normalized spacial score (nSPS) is 10.8. The van der Waals surface area contributed by atoms with Crippen molar-refractivity contribution in [3.8, 4) is 23.0 Å². The van der Waals surface area contributed by atoms with Crippen molar-refractivity contribution in [1.82, 2.24) is 18.9 Å². The van der Waals surface area contributed by atoms with Crippen LogP contribution in [0, 0.1) is 11.8 Å². The van der Waals surface area contributed by atoms with Crippen molar-refractivity contribution in [2.24, 2.45) is 7.05 Å². The van der Waals surface area contributed by atoms with Crippen LogP contribution < -0.4 is 0 Å². The van der Waals surface area contributed by atoms with Crippen molar-refractivity contribution in [2.75, 3.05) is 0 Å². The van der Waals surface area contributed by atoms with Gasteiger partial charge in [0.15, 0.2) is 0 Å². The Balaban J connectivity index is 1.56. The predicted molar refractivity (Wildman–Crippen MR) is 113 cm³/mol. The standard InChI is InChI=1S/C24H16N4O/c1-27-21(13-19-3-2-12-25-24(19)27)9-10-22-14-26-23-11-8-20(15-28(22)23)18-6-4-17(16-29)5-7-18/h2-8,11-16H,1H3. The van der Waals surface area contributed by atoms with Gasteiger partial charge >= 0.3 is 0 Å². The van der Waals surface area contributed by atoms with Crippen molar-refractivity contribution in [3.63, 3.8) is 0 Å². The number of carbonyl (C=O) groups is 1. The minimum absolute atomic E-state index is 0.661. The number of rotatable bonds is 2. The second kappa shape index (κ2) is 6.77. The number of fused-ring (bicyclic) bond motifs is 2. The molecule has 0 aliphatic rings. The van der Waals surface area contributed by atoms with E-state index in [0.29, 0.717) is 5.56 Å². The Bertz CT molecular complexity index is 1430. The maximum Gasteiger partial charge on any atom is 0.150 e. The number of benzene rings is 1. The number of pyridine rings is 2. The lowest BCUT2D eigenvalue weighted by atomic mass is 10.1. The lowest BCUT2D eigenvalue weighted by molar-refractivity contribution is 0.112. The first-order valence-electron chi connectivity index (χ1n) is 9.18. The summed E-state index contributed by atoms with van der Waals surface area (Å²) in [6.45, 7) is 0. The molecule has 0 N–H and O–H groups in total. The van der Waals surface area contributed by atoms with Crippen LogP contribution in [0.2, 0.25) is 0 Å².